The summed E-state index contributed by atoms with van der Waals surface area (Å²) in [6.45, 7) is 3.64. The van der Waals surface area contributed by atoms with Gasteiger partial charge in [-0.3, -0.25) is 0 Å². The number of benzene rings is 3. The third-order valence-electron chi connectivity index (χ3n) is 5.34. The van der Waals surface area contributed by atoms with E-state index in [0.717, 1.165) is 19.5 Å². The van der Waals surface area contributed by atoms with E-state index in [-0.39, 0.29) is 11.7 Å². The lowest BCUT2D eigenvalue weighted by molar-refractivity contribution is 0.515. The molecule has 144 valence electrons. The number of hydrogen-bond donors (Lipinski definition) is 0. The van der Waals surface area contributed by atoms with Gasteiger partial charge in [-0.25, -0.2) is 8.42 Å². The first-order valence-electron chi connectivity index (χ1n) is 9.67. The third-order valence-corrected chi connectivity index (χ3v) is 7.24. The maximum atomic E-state index is 12.9. The van der Waals surface area contributed by atoms with Crippen LogP contribution in [-0.2, 0) is 22.8 Å². The first-order valence-corrected chi connectivity index (χ1v) is 11.3. The largest absolute Gasteiger partial charge is 0.367 e. The maximum absolute atomic E-state index is 12.9. The zero-order valence-electron chi connectivity index (χ0n) is 16.1. The molecule has 1 aliphatic heterocycles. The summed E-state index contributed by atoms with van der Waals surface area (Å²) in [5, 5.41) is 0. The molecule has 4 heteroatoms. The number of anilines is 1. The lowest BCUT2D eigenvalue weighted by Gasteiger charge is -2.36. The smallest absolute Gasteiger partial charge is 0.178 e. The molecular weight excluding hydrogens is 366 g/mol. The summed E-state index contributed by atoms with van der Waals surface area (Å²) >= 11 is 0. The molecule has 1 aliphatic rings. The fourth-order valence-corrected chi connectivity index (χ4v) is 5.63. The molecule has 0 N–H and O–H groups in total. The molecule has 3 aromatic carbocycles. The van der Waals surface area contributed by atoms with E-state index < -0.39 is 9.84 Å². The lowest BCUT2D eigenvalue weighted by atomic mass is 9.92. The van der Waals surface area contributed by atoms with Crippen molar-refractivity contribution in [2.24, 2.45) is 5.92 Å². The molecule has 1 atom stereocenters. The Hall–Kier alpha value is -2.59. The van der Waals surface area contributed by atoms with Gasteiger partial charge in [0.05, 0.1) is 10.6 Å². The van der Waals surface area contributed by atoms with Gasteiger partial charge in [-0.2, -0.15) is 0 Å². The van der Waals surface area contributed by atoms with Crippen LogP contribution in [0.25, 0.3) is 0 Å². The van der Waals surface area contributed by atoms with E-state index in [0.29, 0.717) is 4.90 Å². The summed E-state index contributed by atoms with van der Waals surface area (Å²) in [7, 11) is -3.29. The fraction of sp³-hybridized carbons (Fsp3) is 0.250. The predicted octanol–water partition coefficient (Wildman–Crippen LogP) is 4.65. The summed E-state index contributed by atoms with van der Waals surface area (Å²) in [5.41, 5.74) is 4.94. The van der Waals surface area contributed by atoms with Crippen LogP contribution in [0.1, 0.15) is 16.7 Å². The molecule has 0 fully saturated rings. The van der Waals surface area contributed by atoms with Crippen LogP contribution in [0.15, 0.2) is 83.8 Å². The molecule has 0 radical (unpaired) electrons. The topological polar surface area (TPSA) is 37.4 Å². The number of nitrogens with zero attached hydrogens (tertiary/aromatic N) is 1. The summed E-state index contributed by atoms with van der Waals surface area (Å²) in [6, 6.07) is 25.7. The predicted molar refractivity (Wildman–Crippen MR) is 114 cm³/mol. The summed E-state index contributed by atoms with van der Waals surface area (Å²) in [4.78, 5) is 2.76. The maximum Gasteiger partial charge on any atom is 0.178 e. The molecule has 3 aromatic rings. The van der Waals surface area contributed by atoms with Gasteiger partial charge in [-0.05, 0) is 54.2 Å². The highest BCUT2D eigenvalue weighted by atomic mass is 32.2. The highest BCUT2D eigenvalue weighted by Gasteiger charge is 2.29. The van der Waals surface area contributed by atoms with Crippen LogP contribution in [0.4, 0.5) is 5.69 Å². The molecule has 4 rings (SSSR count). The van der Waals surface area contributed by atoms with Crippen molar-refractivity contribution < 1.29 is 8.42 Å². The number of fused-ring (bicyclic) bond motifs is 1. The van der Waals surface area contributed by atoms with Crippen LogP contribution in [0.2, 0.25) is 0 Å². The van der Waals surface area contributed by atoms with Crippen molar-refractivity contribution in [3.63, 3.8) is 0 Å². The molecule has 0 saturated carbocycles. The third kappa shape index (κ3) is 4.12. The van der Waals surface area contributed by atoms with Crippen LogP contribution in [0.5, 0.6) is 0 Å². The van der Waals surface area contributed by atoms with E-state index >= 15 is 0 Å². The minimum Gasteiger partial charge on any atom is -0.367 e. The summed E-state index contributed by atoms with van der Waals surface area (Å²) in [6.07, 6.45) is 0.799. The number of rotatable bonds is 5. The second-order valence-electron chi connectivity index (χ2n) is 7.66. The molecule has 1 heterocycles. The van der Waals surface area contributed by atoms with Gasteiger partial charge in [-0.1, -0.05) is 60.7 Å². The standard InChI is InChI=1S/C24H25NO2S/c1-19-12-13-22-15-21(18-28(26,27)23-10-6-3-7-11-23)17-25(24(22)14-19)16-20-8-4-2-5-9-20/h2-14,21H,15-18H2,1H3. The van der Waals surface area contributed by atoms with Gasteiger partial charge in [0.25, 0.3) is 0 Å². The van der Waals surface area contributed by atoms with Crippen LogP contribution in [0.3, 0.4) is 0 Å². The number of hydrogen-bond acceptors (Lipinski definition) is 3. The Labute approximate surface area is 167 Å². The van der Waals surface area contributed by atoms with Gasteiger partial charge >= 0.3 is 0 Å². The molecule has 1 unspecified atom stereocenters. The van der Waals surface area contributed by atoms with Gasteiger partial charge in [0, 0.05) is 18.8 Å². The van der Waals surface area contributed by atoms with Crippen LogP contribution >= 0.6 is 0 Å². The van der Waals surface area contributed by atoms with E-state index in [2.05, 4.69) is 42.2 Å². The molecular formula is C24H25NO2S. The highest BCUT2D eigenvalue weighted by Crippen LogP contribution is 2.33. The Morgan fingerprint density at radius 2 is 1.61 bits per heavy atom. The molecule has 0 aliphatic carbocycles. The highest BCUT2D eigenvalue weighted by molar-refractivity contribution is 7.91. The Morgan fingerprint density at radius 3 is 2.32 bits per heavy atom. The molecule has 0 amide bonds. The first-order chi connectivity index (χ1) is 13.5. The average Bonchev–Trinajstić information content (AvgIpc) is 2.70. The van der Waals surface area contributed by atoms with Crippen molar-refractivity contribution in [1.29, 1.82) is 0 Å². The summed E-state index contributed by atoms with van der Waals surface area (Å²) in [5.74, 6) is 0.249. The molecule has 0 spiro atoms. The van der Waals surface area contributed by atoms with Gasteiger partial charge in [0.1, 0.15) is 0 Å². The van der Waals surface area contributed by atoms with Crippen LogP contribution < -0.4 is 4.90 Å². The van der Waals surface area contributed by atoms with Crippen molar-refractivity contribution in [3.05, 3.63) is 95.6 Å². The van der Waals surface area contributed by atoms with Crippen LogP contribution in [0, 0.1) is 12.8 Å². The second kappa shape index (κ2) is 7.80. The minimum atomic E-state index is -3.29. The zero-order valence-corrected chi connectivity index (χ0v) is 16.9. The molecule has 28 heavy (non-hydrogen) atoms. The molecule has 3 nitrogen and oxygen atoms in total. The first kappa shape index (κ1) is 18.8. The van der Waals surface area contributed by atoms with E-state index in [1.54, 1.807) is 24.3 Å². The average molecular weight is 392 g/mol. The number of sulfone groups is 1. The van der Waals surface area contributed by atoms with Crippen molar-refractivity contribution in [2.75, 3.05) is 17.2 Å². The minimum absolute atomic E-state index is 0.0733. The molecule has 0 bridgehead atoms. The van der Waals surface area contributed by atoms with Crippen molar-refractivity contribution in [3.8, 4) is 0 Å². The van der Waals surface area contributed by atoms with E-state index in [4.69, 9.17) is 0 Å². The Bertz CT molecular complexity index is 1050. The van der Waals surface area contributed by atoms with E-state index in [9.17, 15) is 8.42 Å². The Balaban J connectivity index is 1.61. The van der Waals surface area contributed by atoms with Crippen LogP contribution in [-0.4, -0.2) is 20.7 Å². The lowest BCUT2D eigenvalue weighted by Crippen LogP contribution is -2.38. The number of aryl methyl sites for hydroxylation is 1. The molecule has 0 saturated heterocycles. The van der Waals surface area contributed by atoms with Gasteiger partial charge in [0.2, 0.25) is 0 Å². The Morgan fingerprint density at radius 1 is 0.929 bits per heavy atom. The van der Waals surface area contributed by atoms with E-state index in [1.807, 2.05) is 24.3 Å². The van der Waals surface area contributed by atoms with E-state index in [1.165, 1.54) is 22.4 Å². The quantitative estimate of drug-likeness (QED) is 0.635. The zero-order chi connectivity index (χ0) is 19.6. The molecule has 0 aromatic heterocycles. The van der Waals surface area contributed by atoms with Crippen molar-refractivity contribution >= 4 is 15.5 Å². The van der Waals surface area contributed by atoms with Gasteiger partial charge in [0.15, 0.2) is 9.84 Å². The van der Waals surface area contributed by atoms with Gasteiger partial charge < -0.3 is 4.90 Å². The Kier molecular flexibility index (Phi) is 5.23. The normalized spacial score (nSPS) is 16.6. The fourth-order valence-electron chi connectivity index (χ4n) is 4.03. The van der Waals surface area contributed by atoms with Crippen molar-refractivity contribution in [2.45, 2.75) is 24.8 Å². The SMILES string of the molecule is Cc1ccc2c(c1)N(Cc1ccccc1)CC(CS(=O)(=O)c1ccccc1)C2. The second-order valence-corrected chi connectivity index (χ2v) is 9.70. The monoisotopic (exact) mass is 391 g/mol. The van der Waals surface area contributed by atoms with Gasteiger partial charge in [-0.15, -0.1) is 0 Å². The van der Waals surface area contributed by atoms with Crippen molar-refractivity contribution in [1.82, 2.24) is 0 Å². The summed E-state index contributed by atoms with van der Waals surface area (Å²) < 4.78 is 25.8.